The lowest BCUT2D eigenvalue weighted by atomic mass is 9.95. The third-order valence-corrected chi connectivity index (χ3v) is 4.34. The van der Waals surface area contributed by atoms with E-state index in [1.165, 1.54) is 61.3 Å². The van der Waals surface area contributed by atoms with Gasteiger partial charge in [0.05, 0.1) is 0 Å². The summed E-state index contributed by atoms with van der Waals surface area (Å²) in [7, 11) is 0. The zero-order valence-electron chi connectivity index (χ0n) is 13.4. The highest BCUT2D eigenvalue weighted by molar-refractivity contribution is 5.86. The Bertz CT molecular complexity index is 527. The monoisotopic (exact) mass is 283 g/mol. The molecule has 2 rings (SSSR count). The average Bonchev–Trinajstić information content (AvgIpc) is 2.53. The molecule has 0 aliphatic carbocycles. The van der Waals surface area contributed by atoms with Crippen LogP contribution >= 0.6 is 0 Å². The normalized spacial score (nSPS) is 12.7. The lowest BCUT2D eigenvalue weighted by molar-refractivity contribution is 0.542. The van der Waals surface area contributed by atoms with E-state index in [9.17, 15) is 0 Å². The molecule has 21 heavy (non-hydrogen) atoms. The van der Waals surface area contributed by atoms with Gasteiger partial charge in [-0.05, 0) is 22.8 Å². The summed E-state index contributed by atoms with van der Waals surface area (Å²) >= 11 is 0. The molecule has 0 saturated carbocycles. The molecule has 1 atom stereocenters. The quantitative estimate of drug-likeness (QED) is 0.563. The van der Waals surface area contributed by atoms with Crippen LogP contribution in [0.25, 0.3) is 10.8 Å². The summed E-state index contributed by atoms with van der Waals surface area (Å²) in [6.07, 6.45) is 10.5. The fourth-order valence-electron chi connectivity index (χ4n) is 3.05. The molecule has 0 fully saturated rings. The molecule has 2 aromatic rings. The Kier molecular flexibility index (Phi) is 6.75. The van der Waals surface area contributed by atoms with Crippen LogP contribution in [0.1, 0.15) is 69.9 Å². The Labute approximate surface area is 129 Å². The van der Waals surface area contributed by atoms with Crippen molar-refractivity contribution >= 4 is 10.8 Å². The van der Waals surface area contributed by atoms with Gasteiger partial charge in [0.15, 0.2) is 0 Å². The molecule has 1 unspecified atom stereocenters. The molecule has 0 aliphatic rings. The van der Waals surface area contributed by atoms with Gasteiger partial charge in [-0.1, -0.05) is 94.3 Å². The Morgan fingerprint density at radius 1 is 0.810 bits per heavy atom. The molecule has 1 nitrogen and oxygen atoms in total. The van der Waals surface area contributed by atoms with Gasteiger partial charge >= 0.3 is 0 Å². The minimum absolute atomic E-state index is 0.173. The Morgan fingerprint density at radius 3 is 2.29 bits per heavy atom. The summed E-state index contributed by atoms with van der Waals surface area (Å²) < 4.78 is 0. The summed E-state index contributed by atoms with van der Waals surface area (Å²) in [4.78, 5) is 0. The highest BCUT2D eigenvalue weighted by atomic mass is 14.6. The number of hydrogen-bond donors (Lipinski definition) is 1. The van der Waals surface area contributed by atoms with Crippen molar-refractivity contribution in [2.75, 3.05) is 0 Å². The highest BCUT2D eigenvalue weighted by Crippen LogP contribution is 2.26. The van der Waals surface area contributed by atoms with Crippen molar-refractivity contribution in [1.29, 1.82) is 0 Å². The van der Waals surface area contributed by atoms with Crippen LogP contribution in [0.5, 0.6) is 0 Å². The Morgan fingerprint density at radius 2 is 1.48 bits per heavy atom. The van der Waals surface area contributed by atoms with Gasteiger partial charge in [-0.25, -0.2) is 0 Å². The van der Waals surface area contributed by atoms with Crippen molar-refractivity contribution in [3.8, 4) is 0 Å². The second kappa shape index (κ2) is 8.84. The smallest absolute Gasteiger partial charge is 0.0301 e. The number of hydrogen-bond acceptors (Lipinski definition) is 1. The van der Waals surface area contributed by atoms with Crippen molar-refractivity contribution in [2.24, 2.45) is 5.73 Å². The molecule has 0 heterocycles. The fourth-order valence-corrected chi connectivity index (χ4v) is 3.05. The maximum Gasteiger partial charge on any atom is 0.0301 e. The lowest BCUT2D eigenvalue weighted by Gasteiger charge is -2.14. The maximum atomic E-state index is 6.42. The molecule has 0 radical (unpaired) electrons. The zero-order chi connectivity index (χ0) is 14.9. The van der Waals surface area contributed by atoms with Gasteiger partial charge in [-0.3, -0.25) is 0 Å². The third-order valence-electron chi connectivity index (χ3n) is 4.34. The summed E-state index contributed by atoms with van der Waals surface area (Å²) in [5.74, 6) is 0. The van der Waals surface area contributed by atoms with Crippen molar-refractivity contribution in [1.82, 2.24) is 0 Å². The molecule has 0 spiro atoms. The van der Waals surface area contributed by atoms with Crippen LogP contribution in [0, 0.1) is 0 Å². The molecule has 2 N–H and O–H groups in total. The van der Waals surface area contributed by atoms with Crippen molar-refractivity contribution in [3.63, 3.8) is 0 Å². The fraction of sp³-hybridized carbons (Fsp3) is 0.500. The first kappa shape index (κ1) is 16.0. The van der Waals surface area contributed by atoms with E-state index in [4.69, 9.17) is 5.73 Å². The number of benzene rings is 2. The minimum atomic E-state index is 0.173. The van der Waals surface area contributed by atoms with E-state index in [1.807, 2.05) is 0 Å². The van der Waals surface area contributed by atoms with Gasteiger partial charge < -0.3 is 5.73 Å². The second-order valence-electron chi connectivity index (χ2n) is 6.08. The van der Waals surface area contributed by atoms with E-state index in [0.29, 0.717) is 0 Å². The van der Waals surface area contributed by atoms with Gasteiger partial charge in [0, 0.05) is 6.04 Å². The number of rotatable bonds is 9. The van der Waals surface area contributed by atoms with Gasteiger partial charge in [-0.2, -0.15) is 0 Å². The number of fused-ring (bicyclic) bond motifs is 1. The number of unbranched alkanes of at least 4 members (excludes halogenated alkanes) is 6. The summed E-state index contributed by atoms with van der Waals surface area (Å²) in [5.41, 5.74) is 7.73. The SMILES string of the molecule is CCCCCCCCCC(N)c1cccc2ccccc12. The lowest BCUT2D eigenvalue weighted by Crippen LogP contribution is -2.10. The Balaban J connectivity index is 1.81. The molecule has 0 aromatic heterocycles. The van der Waals surface area contributed by atoms with Gasteiger partial charge in [-0.15, -0.1) is 0 Å². The van der Waals surface area contributed by atoms with Crippen LogP contribution in [0.3, 0.4) is 0 Å². The minimum Gasteiger partial charge on any atom is -0.324 e. The molecule has 1 heteroatoms. The van der Waals surface area contributed by atoms with Crippen LogP contribution in [-0.2, 0) is 0 Å². The molecule has 114 valence electrons. The van der Waals surface area contributed by atoms with Crippen molar-refractivity contribution in [3.05, 3.63) is 48.0 Å². The Hall–Kier alpha value is -1.34. The van der Waals surface area contributed by atoms with Crippen LogP contribution in [0.2, 0.25) is 0 Å². The van der Waals surface area contributed by atoms with Crippen LogP contribution < -0.4 is 5.73 Å². The molecule has 0 amide bonds. The van der Waals surface area contributed by atoms with Gasteiger partial charge in [0.2, 0.25) is 0 Å². The predicted octanol–water partition coefficient (Wildman–Crippen LogP) is 5.98. The van der Waals surface area contributed by atoms with E-state index in [1.54, 1.807) is 0 Å². The van der Waals surface area contributed by atoms with Crippen LogP contribution in [0.4, 0.5) is 0 Å². The van der Waals surface area contributed by atoms with E-state index in [-0.39, 0.29) is 6.04 Å². The molecule has 0 saturated heterocycles. The van der Waals surface area contributed by atoms with E-state index >= 15 is 0 Å². The highest BCUT2D eigenvalue weighted by Gasteiger charge is 2.09. The maximum absolute atomic E-state index is 6.42. The van der Waals surface area contributed by atoms with E-state index < -0.39 is 0 Å². The largest absolute Gasteiger partial charge is 0.324 e. The second-order valence-corrected chi connectivity index (χ2v) is 6.08. The van der Waals surface area contributed by atoms with Crippen molar-refractivity contribution < 1.29 is 0 Å². The van der Waals surface area contributed by atoms with Gasteiger partial charge in [0.1, 0.15) is 0 Å². The van der Waals surface area contributed by atoms with Crippen LogP contribution in [-0.4, -0.2) is 0 Å². The summed E-state index contributed by atoms with van der Waals surface area (Å²) in [6, 6.07) is 15.2. The standard InChI is InChI=1S/C20H29N/c1-2-3-4-5-6-7-8-16-20(21)19-15-11-13-17-12-9-10-14-18(17)19/h9-15,20H,2-8,16,21H2,1H3. The predicted molar refractivity (Wildman–Crippen MR) is 93.5 cm³/mol. The molecule has 0 aliphatic heterocycles. The van der Waals surface area contributed by atoms with E-state index in [0.717, 1.165) is 6.42 Å². The number of nitrogens with two attached hydrogens (primary N) is 1. The van der Waals surface area contributed by atoms with Crippen LogP contribution in [0.15, 0.2) is 42.5 Å². The summed E-state index contributed by atoms with van der Waals surface area (Å²) in [6.45, 7) is 2.27. The zero-order valence-corrected chi connectivity index (χ0v) is 13.4. The first-order valence-corrected chi connectivity index (χ1v) is 8.56. The molecule has 2 aromatic carbocycles. The first-order chi connectivity index (χ1) is 10.3. The summed E-state index contributed by atoms with van der Waals surface area (Å²) in [5, 5.41) is 2.61. The third kappa shape index (κ3) is 4.86. The molecular weight excluding hydrogens is 254 g/mol. The average molecular weight is 283 g/mol. The van der Waals surface area contributed by atoms with Crippen molar-refractivity contribution in [2.45, 2.75) is 64.3 Å². The molecular formula is C20H29N. The van der Waals surface area contributed by atoms with E-state index in [2.05, 4.69) is 49.4 Å². The molecule has 0 bridgehead atoms. The van der Waals surface area contributed by atoms with Gasteiger partial charge in [0.25, 0.3) is 0 Å². The topological polar surface area (TPSA) is 26.0 Å². The first-order valence-electron chi connectivity index (χ1n) is 8.56.